The second-order valence-corrected chi connectivity index (χ2v) is 4.81. The van der Waals surface area contributed by atoms with Crippen LogP contribution in [0.5, 0.6) is 0 Å². The first kappa shape index (κ1) is 15.2. The standard InChI is InChI=1S/C13H11IN2O3/c1-8(16)10(6-15)12(17)7-19-13(18)9-4-2-3-5-11(9)14/h2-5H,7,16H2,1H3. The lowest BCUT2D eigenvalue weighted by molar-refractivity contribution is -0.118. The summed E-state index contributed by atoms with van der Waals surface area (Å²) in [6, 6.07) is 8.53. The molecule has 1 aromatic rings. The normalized spacial score (nSPS) is 11.2. The van der Waals surface area contributed by atoms with Gasteiger partial charge in [0.15, 0.2) is 6.61 Å². The predicted molar refractivity (Wildman–Crippen MR) is 76.9 cm³/mol. The number of benzene rings is 1. The Morgan fingerprint density at radius 3 is 2.58 bits per heavy atom. The predicted octanol–water partition coefficient (Wildman–Crippen LogP) is 1.77. The Kier molecular flexibility index (Phi) is 5.51. The number of nitrogens with two attached hydrogens (primary N) is 1. The molecule has 2 N–H and O–H groups in total. The number of ketones is 1. The maximum absolute atomic E-state index is 11.7. The molecule has 98 valence electrons. The van der Waals surface area contributed by atoms with Crippen molar-refractivity contribution in [3.05, 3.63) is 44.7 Å². The Hall–Kier alpha value is -1.88. The van der Waals surface area contributed by atoms with E-state index in [9.17, 15) is 9.59 Å². The van der Waals surface area contributed by atoms with E-state index in [-0.39, 0.29) is 11.3 Å². The number of nitrogens with zero attached hydrogens (tertiary/aromatic N) is 1. The van der Waals surface area contributed by atoms with Crippen LogP contribution in [0.15, 0.2) is 35.5 Å². The van der Waals surface area contributed by atoms with E-state index in [1.807, 2.05) is 22.6 Å². The molecular weight excluding hydrogens is 359 g/mol. The highest BCUT2D eigenvalue weighted by Crippen LogP contribution is 2.12. The molecule has 0 aliphatic rings. The number of nitriles is 1. The number of allylic oxidation sites excluding steroid dienone is 1. The first-order chi connectivity index (χ1) is 8.97. The monoisotopic (exact) mass is 370 g/mol. The number of rotatable bonds is 4. The molecule has 0 aliphatic carbocycles. The van der Waals surface area contributed by atoms with E-state index < -0.39 is 18.4 Å². The van der Waals surface area contributed by atoms with E-state index in [4.69, 9.17) is 15.7 Å². The molecule has 0 bridgehead atoms. The van der Waals surface area contributed by atoms with Crippen molar-refractivity contribution in [2.75, 3.05) is 6.61 Å². The fraction of sp³-hybridized carbons (Fsp3) is 0.154. The fourth-order valence-electron chi connectivity index (χ4n) is 1.28. The molecule has 0 aromatic heterocycles. The summed E-state index contributed by atoms with van der Waals surface area (Å²) in [4.78, 5) is 23.3. The van der Waals surface area contributed by atoms with Crippen LogP contribution < -0.4 is 5.73 Å². The van der Waals surface area contributed by atoms with Gasteiger partial charge in [-0.3, -0.25) is 4.79 Å². The van der Waals surface area contributed by atoms with Crippen LogP contribution in [0.3, 0.4) is 0 Å². The van der Waals surface area contributed by atoms with E-state index in [0.717, 1.165) is 3.57 Å². The summed E-state index contributed by atoms with van der Waals surface area (Å²) >= 11 is 2.00. The lowest BCUT2D eigenvalue weighted by Crippen LogP contribution is -2.18. The summed E-state index contributed by atoms with van der Waals surface area (Å²) in [5.41, 5.74) is 5.69. The number of hydrogen-bond donors (Lipinski definition) is 1. The zero-order valence-electron chi connectivity index (χ0n) is 10.1. The fourth-order valence-corrected chi connectivity index (χ4v) is 1.89. The van der Waals surface area contributed by atoms with Crippen molar-refractivity contribution in [2.45, 2.75) is 6.92 Å². The van der Waals surface area contributed by atoms with Crippen LogP contribution in [0.2, 0.25) is 0 Å². The number of carbonyl (C=O) groups excluding carboxylic acids is 2. The zero-order chi connectivity index (χ0) is 14.4. The Bertz CT molecular complexity index is 584. The minimum atomic E-state index is -0.609. The summed E-state index contributed by atoms with van der Waals surface area (Å²) in [5.74, 6) is -1.22. The molecule has 5 nitrogen and oxygen atoms in total. The topological polar surface area (TPSA) is 93.2 Å². The molecule has 0 radical (unpaired) electrons. The number of ether oxygens (including phenoxy) is 1. The summed E-state index contributed by atoms with van der Waals surface area (Å²) in [7, 11) is 0. The number of hydrogen-bond acceptors (Lipinski definition) is 5. The van der Waals surface area contributed by atoms with Gasteiger partial charge in [-0.1, -0.05) is 12.1 Å². The first-order valence-electron chi connectivity index (χ1n) is 5.28. The van der Waals surface area contributed by atoms with Gasteiger partial charge in [0.05, 0.1) is 5.56 Å². The van der Waals surface area contributed by atoms with Crippen molar-refractivity contribution in [1.82, 2.24) is 0 Å². The van der Waals surface area contributed by atoms with Crippen LogP contribution in [-0.2, 0) is 9.53 Å². The van der Waals surface area contributed by atoms with Gasteiger partial charge in [-0.05, 0) is 41.6 Å². The number of Topliss-reactive ketones (excluding diaryl/α,β-unsaturated/α-hetero) is 1. The third-order valence-corrected chi connectivity index (χ3v) is 3.15. The maximum Gasteiger partial charge on any atom is 0.339 e. The molecule has 0 spiro atoms. The molecule has 0 saturated carbocycles. The molecule has 0 atom stereocenters. The van der Waals surface area contributed by atoms with E-state index >= 15 is 0 Å². The molecule has 0 fully saturated rings. The van der Waals surface area contributed by atoms with Gasteiger partial charge in [-0.25, -0.2) is 4.79 Å². The van der Waals surface area contributed by atoms with E-state index in [1.165, 1.54) is 6.92 Å². The minimum absolute atomic E-state index is 0.109. The first-order valence-corrected chi connectivity index (χ1v) is 6.36. The number of carbonyl (C=O) groups is 2. The van der Waals surface area contributed by atoms with Crippen LogP contribution >= 0.6 is 22.6 Å². The number of halogens is 1. The Labute approximate surface area is 124 Å². The van der Waals surface area contributed by atoms with Crippen molar-refractivity contribution >= 4 is 34.3 Å². The van der Waals surface area contributed by atoms with Crippen LogP contribution in [0.4, 0.5) is 0 Å². The highest BCUT2D eigenvalue weighted by atomic mass is 127. The van der Waals surface area contributed by atoms with Crippen LogP contribution in [-0.4, -0.2) is 18.4 Å². The van der Waals surface area contributed by atoms with Crippen molar-refractivity contribution in [2.24, 2.45) is 5.73 Å². The third-order valence-electron chi connectivity index (χ3n) is 2.21. The lowest BCUT2D eigenvalue weighted by atomic mass is 10.1. The summed E-state index contributed by atoms with van der Waals surface area (Å²) in [5, 5.41) is 8.74. The average molecular weight is 370 g/mol. The van der Waals surface area contributed by atoms with Crippen molar-refractivity contribution < 1.29 is 14.3 Å². The molecule has 0 heterocycles. The van der Waals surface area contributed by atoms with Gasteiger partial charge < -0.3 is 10.5 Å². The van der Waals surface area contributed by atoms with Gasteiger partial charge >= 0.3 is 5.97 Å². The molecule has 19 heavy (non-hydrogen) atoms. The van der Waals surface area contributed by atoms with Crippen LogP contribution in [0.25, 0.3) is 0 Å². The van der Waals surface area contributed by atoms with Crippen LogP contribution in [0.1, 0.15) is 17.3 Å². The second-order valence-electron chi connectivity index (χ2n) is 3.65. The Morgan fingerprint density at radius 1 is 1.42 bits per heavy atom. The molecular formula is C13H11IN2O3. The highest BCUT2D eigenvalue weighted by molar-refractivity contribution is 14.1. The maximum atomic E-state index is 11.7. The van der Waals surface area contributed by atoms with Gasteiger partial charge in [0.1, 0.15) is 11.6 Å². The number of esters is 1. The summed E-state index contributed by atoms with van der Waals surface area (Å²) in [6.07, 6.45) is 0. The van der Waals surface area contributed by atoms with Crippen LogP contribution in [0, 0.1) is 14.9 Å². The van der Waals surface area contributed by atoms with Gasteiger partial charge in [0.2, 0.25) is 5.78 Å². The van der Waals surface area contributed by atoms with Gasteiger partial charge in [0, 0.05) is 9.27 Å². The largest absolute Gasteiger partial charge is 0.454 e. The molecule has 1 aromatic carbocycles. The van der Waals surface area contributed by atoms with E-state index in [1.54, 1.807) is 30.3 Å². The van der Waals surface area contributed by atoms with Gasteiger partial charge in [-0.15, -0.1) is 0 Å². The molecule has 0 amide bonds. The van der Waals surface area contributed by atoms with Gasteiger partial charge in [0.25, 0.3) is 0 Å². The molecule has 0 unspecified atom stereocenters. The molecule has 0 saturated heterocycles. The molecule has 1 rings (SSSR count). The highest BCUT2D eigenvalue weighted by Gasteiger charge is 2.16. The SMILES string of the molecule is CC(N)=C(C#N)C(=O)COC(=O)c1ccccc1I. The summed E-state index contributed by atoms with van der Waals surface area (Å²) < 4.78 is 5.60. The second kappa shape index (κ2) is 6.89. The summed E-state index contributed by atoms with van der Waals surface area (Å²) in [6.45, 7) is 0.944. The minimum Gasteiger partial charge on any atom is -0.454 e. The van der Waals surface area contributed by atoms with E-state index in [0.29, 0.717) is 5.56 Å². The zero-order valence-corrected chi connectivity index (χ0v) is 12.3. The Balaban J connectivity index is 2.72. The lowest BCUT2D eigenvalue weighted by Gasteiger charge is -2.05. The smallest absolute Gasteiger partial charge is 0.339 e. The van der Waals surface area contributed by atoms with E-state index in [2.05, 4.69) is 0 Å². The van der Waals surface area contributed by atoms with Crippen molar-refractivity contribution in [3.8, 4) is 6.07 Å². The molecule has 6 heteroatoms. The molecule has 0 aliphatic heterocycles. The van der Waals surface area contributed by atoms with Crippen molar-refractivity contribution in [3.63, 3.8) is 0 Å². The third kappa shape index (κ3) is 4.06. The Morgan fingerprint density at radius 2 is 2.05 bits per heavy atom. The van der Waals surface area contributed by atoms with Crippen molar-refractivity contribution in [1.29, 1.82) is 5.26 Å². The average Bonchev–Trinajstić information content (AvgIpc) is 2.37. The van der Waals surface area contributed by atoms with Gasteiger partial charge in [-0.2, -0.15) is 5.26 Å². The quantitative estimate of drug-likeness (QED) is 0.377.